The van der Waals surface area contributed by atoms with E-state index in [0.717, 1.165) is 16.1 Å². The lowest BCUT2D eigenvalue weighted by Crippen LogP contribution is -2.39. The predicted molar refractivity (Wildman–Crippen MR) is 125 cm³/mol. The van der Waals surface area contributed by atoms with Crippen molar-refractivity contribution in [1.29, 1.82) is 0 Å². The summed E-state index contributed by atoms with van der Waals surface area (Å²) in [6.07, 6.45) is 3.76. The third-order valence-electron chi connectivity index (χ3n) is 4.85. The molecular formula is C24H26N4O4S. The fourth-order valence-corrected chi connectivity index (χ4v) is 4.27. The van der Waals surface area contributed by atoms with Crippen molar-refractivity contribution in [2.24, 2.45) is 0 Å². The lowest BCUT2D eigenvalue weighted by atomic mass is 10.2. The molecule has 0 atom stereocenters. The van der Waals surface area contributed by atoms with Crippen molar-refractivity contribution in [2.75, 3.05) is 11.9 Å². The van der Waals surface area contributed by atoms with Gasteiger partial charge in [0.25, 0.3) is 5.91 Å². The van der Waals surface area contributed by atoms with Crippen molar-refractivity contribution in [1.82, 2.24) is 14.9 Å². The van der Waals surface area contributed by atoms with Crippen LogP contribution in [0.1, 0.15) is 47.3 Å². The molecular weight excluding hydrogens is 440 g/mol. The zero-order valence-electron chi connectivity index (χ0n) is 18.8. The third kappa shape index (κ3) is 6.07. The van der Waals surface area contributed by atoms with Crippen LogP contribution in [-0.2, 0) is 24.3 Å². The van der Waals surface area contributed by atoms with E-state index in [1.807, 2.05) is 32.9 Å². The SMILES string of the molecule is CC(C)(C)OC(=O)N1CCc2nc(NC(=O)c3ccc(OCc4cccnc4)cc3)sc2C1. The lowest BCUT2D eigenvalue weighted by Gasteiger charge is -2.29. The number of hydrogen-bond acceptors (Lipinski definition) is 7. The summed E-state index contributed by atoms with van der Waals surface area (Å²) in [4.78, 5) is 36.3. The van der Waals surface area contributed by atoms with Crippen molar-refractivity contribution in [3.63, 3.8) is 0 Å². The summed E-state index contributed by atoms with van der Waals surface area (Å²) < 4.78 is 11.2. The van der Waals surface area contributed by atoms with E-state index in [-0.39, 0.29) is 12.0 Å². The Balaban J connectivity index is 1.33. The molecule has 172 valence electrons. The summed E-state index contributed by atoms with van der Waals surface area (Å²) >= 11 is 1.38. The molecule has 9 heteroatoms. The highest BCUT2D eigenvalue weighted by Gasteiger charge is 2.28. The number of nitrogens with one attached hydrogen (secondary N) is 1. The molecule has 0 aliphatic carbocycles. The topological polar surface area (TPSA) is 93.7 Å². The number of hydrogen-bond donors (Lipinski definition) is 1. The van der Waals surface area contributed by atoms with E-state index < -0.39 is 5.60 Å². The Bertz CT molecular complexity index is 1120. The van der Waals surface area contributed by atoms with Gasteiger partial charge in [0, 0.05) is 41.4 Å². The fraction of sp³-hybridized carbons (Fsp3) is 0.333. The molecule has 1 N–H and O–H groups in total. The highest BCUT2D eigenvalue weighted by molar-refractivity contribution is 7.15. The highest BCUT2D eigenvalue weighted by atomic mass is 32.1. The summed E-state index contributed by atoms with van der Waals surface area (Å²) in [5.74, 6) is 0.422. The second kappa shape index (κ2) is 9.58. The second-order valence-corrected chi connectivity index (χ2v) is 9.75. The first-order chi connectivity index (χ1) is 15.8. The summed E-state index contributed by atoms with van der Waals surface area (Å²) in [5.41, 5.74) is 1.85. The number of amides is 2. The number of nitrogens with zero attached hydrogens (tertiary/aromatic N) is 3. The molecule has 1 aliphatic rings. The van der Waals surface area contributed by atoms with E-state index in [9.17, 15) is 9.59 Å². The van der Waals surface area contributed by atoms with Crippen LogP contribution in [0, 0.1) is 0 Å². The van der Waals surface area contributed by atoms with Gasteiger partial charge in [-0.2, -0.15) is 0 Å². The molecule has 0 unspecified atom stereocenters. The van der Waals surface area contributed by atoms with Gasteiger partial charge in [-0.05, 0) is 51.1 Å². The predicted octanol–water partition coefficient (Wildman–Crippen LogP) is 4.66. The Morgan fingerprint density at radius 3 is 2.67 bits per heavy atom. The minimum atomic E-state index is -0.538. The van der Waals surface area contributed by atoms with Crippen LogP contribution in [0.3, 0.4) is 0 Å². The summed E-state index contributed by atoms with van der Waals surface area (Å²) in [5, 5.41) is 3.38. The van der Waals surface area contributed by atoms with Gasteiger partial charge >= 0.3 is 6.09 Å². The van der Waals surface area contributed by atoms with E-state index in [2.05, 4.69) is 15.3 Å². The van der Waals surface area contributed by atoms with E-state index >= 15 is 0 Å². The zero-order chi connectivity index (χ0) is 23.4. The van der Waals surface area contributed by atoms with Crippen LogP contribution >= 0.6 is 11.3 Å². The number of anilines is 1. The smallest absolute Gasteiger partial charge is 0.410 e. The zero-order valence-corrected chi connectivity index (χ0v) is 19.6. The Morgan fingerprint density at radius 2 is 1.97 bits per heavy atom. The van der Waals surface area contributed by atoms with E-state index in [4.69, 9.17) is 9.47 Å². The Morgan fingerprint density at radius 1 is 1.18 bits per heavy atom. The van der Waals surface area contributed by atoms with E-state index in [0.29, 0.717) is 42.6 Å². The van der Waals surface area contributed by atoms with E-state index in [1.54, 1.807) is 41.6 Å². The maximum atomic E-state index is 12.7. The first-order valence-electron chi connectivity index (χ1n) is 10.7. The van der Waals surface area contributed by atoms with Crippen LogP contribution in [0.25, 0.3) is 0 Å². The summed E-state index contributed by atoms with van der Waals surface area (Å²) in [7, 11) is 0. The van der Waals surface area contributed by atoms with Gasteiger partial charge in [-0.1, -0.05) is 17.4 Å². The summed E-state index contributed by atoms with van der Waals surface area (Å²) in [6, 6.07) is 10.7. The van der Waals surface area contributed by atoms with Crippen molar-refractivity contribution in [2.45, 2.75) is 45.9 Å². The monoisotopic (exact) mass is 466 g/mol. The number of thiazole rings is 1. The van der Waals surface area contributed by atoms with Crippen molar-refractivity contribution < 1.29 is 19.1 Å². The summed E-state index contributed by atoms with van der Waals surface area (Å²) in [6.45, 7) is 6.92. The van der Waals surface area contributed by atoms with E-state index in [1.165, 1.54) is 11.3 Å². The Kier molecular flexibility index (Phi) is 6.60. The maximum absolute atomic E-state index is 12.7. The van der Waals surface area contributed by atoms with Gasteiger partial charge in [-0.15, -0.1) is 0 Å². The van der Waals surface area contributed by atoms with Gasteiger partial charge in [-0.3, -0.25) is 15.1 Å². The van der Waals surface area contributed by atoms with Gasteiger partial charge in [0.2, 0.25) is 0 Å². The molecule has 0 saturated heterocycles. The molecule has 0 saturated carbocycles. The van der Waals surface area contributed by atoms with Gasteiger partial charge in [-0.25, -0.2) is 9.78 Å². The average Bonchev–Trinajstić information content (AvgIpc) is 3.19. The number of rotatable bonds is 5. The second-order valence-electron chi connectivity index (χ2n) is 8.67. The molecule has 0 fully saturated rings. The molecule has 1 aromatic carbocycles. The lowest BCUT2D eigenvalue weighted by molar-refractivity contribution is 0.0225. The van der Waals surface area contributed by atoms with Crippen molar-refractivity contribution in [3.05, 3.63) is 70.5 Å². The Labute approximate surface area is 196 Å². The molecule has 3 aromatic rings. The molecule has 8 nitrogen and oxygen atoms in total. The minimum Gasteiger partial charge on any atom is -0.489 e. The molecule has 0 spiro atoms. The van der Waals surface area contributed by atoms with Crippen molar-refractivity contribution in [3.8, 4) is 5.75 Å². The molecule has 33 heavy (non-hydrogen) atoms. The van der Waals surface area contributed by atoms with Crippen LogP contribution in [0.4, 0.5) is 9.93 Å². The maximum Gasteiger partial charge on any atom is 0.410 e. The quantitative estimate of drug-likeness (QED) is 0.588. The number of carbonyl (C=O) groups excluding carboxylic acids is 2. The fourth-order valence-electron chi connectivity index (χ4n) is 3.25. The molecule has 1 aliphatic heterocycles. The van der Waals surface area contributed by atoms with Gasteiger partial charge in [0.15, 0.2) is 5.13 Å². The van der Waals surface area contributed by atoms with Crippen molar-refractivity contribution >= 4 is 28.5 Å². The molecule has 4 rings (SSSR count). The van der Waals surface area contributed by atoms with Gasteiger partial charge < -0.3 is 14.4 Å². The molecule has 2 aromatic heterocycles. The molecule has 3 heterocycles. The number of carbonyl (C=O) groups is 2. The highest BCUT2D eigenvalue weighted by Crippen LogP contribution is 2.29. The normalized spacial score (nSPS) is 13.2. The van der Waals surface area contributed by atoms with Crippen LogP contribution in [0.5, 0.6) is 5.75 Å². The number of fused-ring (bicyclic) bond motifs is 1. The number of aromatic nitrogens is 2. The standard InChI is InChI=1S/C24H26N4O4S/c1-24(2,3)32-23(30)28-12-10-19-20(14-28)33-22(26-19)27-21(29)17-6-8-18(9-7-17)31-15-16-5-4-11-25-13-16/h4-9,11,13H,10,12,14-15H2,1-3H3,(H,26,27,29). The molecule has 0 radical (unpaired) electrons. The average molecular weight is 467 g/mol. The Hall–Kier alpha value is -3.46. The van der Waals surface area contributed by atoms with Crippen LogP contribution in [0.15, 0.2) is 48.8 Å². The van der Waals surface area contributed by atoms with Gasteiger partial charge in [0.1, 0.15) is 18.0 Å². The largest absolute Gasteiger partial charge is 0.489 e. The van der Waals surface area contributed by atoms with Crippen LogP contribution < -0.4 is 10.1 Å². The van der Waals surface area contributed by atoms with Crippen LogP contribution in [0.2, 0.25) is 0 Å². The molecule has 2 amide bonds. The van der Waals surface area contributed by atoms with Gasteiger partial charge in [0.05, 0.1) is 12.2 Å². The minimum absolute atomic E-state index is 0.246. The number of benzene rings is 1. The number of ether oxygens (including phenoxy) is 2. The van der Waals surface area contributed by atoms with Crippen LogP contribution in [-0.4, -0.2) is 39.0 Å². The first-order valence-corrected chi connectivity index (χ1v) is 11.5. The third-order valence-corrected chi connectivity index (χ3v) is 5.85. The first kappa shape index (κ1) is 22.7. The molecule has 0 bridgehead atoms. The number of pyridine rings is 1.